The van der Waals surface area contributed by atoms with Crippen LogP contribution in [0, 0.1) is 5.41 Å². The highest BCUT2D eigenvalue weighted by molar-refractivity contribution is 7.89. The molecule has 1 aliphatic heterocycles. The lowest BCUT2D eigenvalue weighted by molar-refractivity contribution is -0.138. The number of hydrogen-bond acceptors (Lipinski definition) is 12. The van der Waals surface area contributed by atoms with Crippen molar-refractivity contribution >= 4 is 40.0 Å². The van der Waals surface area contributed by atoms with Crippen molar-refractivity contribution in [3.05, 3.63) is 29.8 Å². The van der Waals surface area contributed by atoms with Crippen molar-refractivity contribution < 1.29 is 46.9 Å². The standard InChI is InChI=1S/C29H47N7O10S/c1-28(2,3)46-27(41)35-18-29(4,5)19-45-26(40)33-14-16-47(42,43)36-22(24(38)39)17-34-23(37)20-7-9-21(10-8-20)44-15-13-32-25-30-11-6-12-31-25/h7-10,22,36H,6,11-19H2,1-5H3,(H,33,40)(H,34,37)(H,35,41)(H,38,39)(H2,30,31,32)/t22-/m0/s1. The second kappa shape index (κ2) is 18.1. The van der Waals surface area contributed by atoms with E-state index in [0.717, 1.165) is 25.5 Å². The summed E-state index contributed by atoms with van der Waals surface area (Å²) in [7, 11) is -4.18. The summed E-state index contributed by atoms with van der Waals surface area (Å²) in [5, 5.41) is 23.0. The summed E-state index contributed by atoms with van der Waals surface area (Å²) >= 11 is 0. The number of sulfonamides is 1. The van der Waals surface area contributed by atoms with Gasteiger partial charge in [0.1, 0.15) is 24.0 Å². The molecule has 47 heavy (non-hydrogen) atoms. The zero-order valence-electron chi connectivity index (χ0n) is 27.4. The lowest BCUT2D eigenvalue weighted by Gasteiger charge is -2.26. The molecule has 2 rings (SSSR count). The molecular weight excluding hydrogens is 638 g/mol. The Balaban J connectivity index is 1.71. The van der Waals surface area contributed by atoms with Crippen molar-refractivity contribution in [1.82, 2.24) is 31.3 Å². The quantitative estimate of drug-likeness (QED) is 0.110. The van der Waals surface area contributed by atoms with Crippen LogP contribution in [0.4, 0.5) is 9.59 Å². The average Bonchev–Trinajstić information content (AvgIpc) is 2.99. The molecule has 1 aromatic rings. The van der Waals surface area contributed by atoms with E-state index < -0.39 is 63.4 Å². The van der Waals surface area contributed by atoms with E-state index in [2.05, 4.69) is 31.6 Å². The van der Waals surface area contributed by atoms with Crippen LogP contribution >= 0.6 is 0 Å². The Morgan fingerprint density at radius 1 is 1.00 bits per heavy atom. The fourth-order valence-electron chi connectivity index (χ4n) is 3.72. The number of aliphatic carboxylic acids is 1. The number of carboxylic acids is 1. The Labute approximate surface area is 275 Å². The number of alkyl carbamates (subject to hydrolysis) is 2. The van der Waals surface area contributed by atoms with Crippen LogP contribution in [-0.2, 0) is 24.3 Å². The minimum atomic E-state index is -4.18. The predicted molar refractivity (Wildman–Crippen MR) is 173 cm³/mol. The van der Waals surface area contributed by atoms with Crippen LogP contribution in [0.2, 0.25) is 0 Å². The van der Waals surface area contributed by atoms with Crippen molar-refractivity contribution in [2.24, 2.45) is 10.4 Å². The summed E-state index contributed by atoms with van der Waals surface area (Å²) in [6.45, 7) is 10.3. The van der Waals surface area contributed by atoms with Crippen LogP contribution in [0.1, 0.15) is 51.4 Å². The summed E-state index contributed by atoms with van der Waals surface area (Å²) < 4.78 is 42.9. The van der Waals surface area contributed by atoms with Crippen molar-refractivity contribution in [3.8, 4) is 5.75 Å². The number of ether oxygens (including phenoxy) is 3. The van der Waals surface area contributed by atoms with Crippen molar-refractivity contribution in [2.45, 2.75) is 52.7 Å². The summed E-state index contributed by atoms with van der Waals surface area (Å²) in [6, 6.07) is 4.50. The van der Waals surface area contributed by atoms with Crippen LogP contribution in [0.5, 0.6) is 5.75 Å². The van der Waals surface area contributed by atoms with Gasteiger partial charge in [-0.25, -0.2) is 18.0 Å². The van der Waals surface area contributed by atoms with Gasteiger partial charge < -0.3 is 45.9 Å². The number of rotatable bonds is 17. The molecule has 0 bridgehead atoms. The molecule has 17 nitrogen and oxygen atoms in total. The predicted octanol–water partition coefficient (Wildman–Crippen LogP) is 0.384. The Hall–Kier alpha value is -4.32. The summed E-state index contributed by atoms with van der Waals surface area (Å²) in [5.74, 6) is -1.51. The largest absolute Gasteiger partial charge is 0.492 e. The minimum Gasteiger partial charge on any atom is -0.492 e. The lowest BCUT2D eigenvalue weighted by atomic mass is 9.95. The molecule has 0 radical (unpaired) electrons. The number of guanidine groups is 1. The fraction of sp³-hybridized carbons (Fsp3) is 0.621. The molecule has 0 aliphatic carbocycles. The highest BCUT2D eigenvalue weighted by Gasteiger charge is 2.26. The van der Waals surface area contributed by atoms with Gasteiger partial charge >= 0.3 is 18.2 Å². The summed E-state index contributed by atoms with van der Waals surface area (Å²) in [5.41, 5.74) is -1.10. The van der Waals surface area contributed by atoms with Gasteiger partial charge in [-0.1, -0.05) is 13.8 Å². The van der Waals surface area contributed by atoms with E-state index in [0.29, 0.717) is 18.9 Å². The van der Waals surface area contributed by atoms with Gasteiger partial charge in [-0.05, 0) is 51.5 Å². The number of nitrogens with zero attached hydrogens (tertiary/aromatic N) is 1. The van der Waals surface area contributed by atoms with E-state index in [9.17, 15) is 32.7 Å². The lowest BCUT2D eigenvalue weighted by Crippen LogP contribution is -2.49. The molecule has 18 heteroatoms. The maximum absolute atomic E-state index is 12.6. The van der Waals surface area contributed by atoms with E-state index in [1.807, 2.05) is 4.72 Å². The van der Waals surface area contributed by atoms with E-state index in [1.165, 1.54) is 12.1 Å². The zero-order chi connectivity index (χ0) is 35.1. The van der Waals surface area contributed by atoms with Crippen molar-refractivity contribution in [2.75, 3.05) is 58.2 Å². The Morgan fingerprint density at radius 3 is 2.32 bits per heavy atom. The van der Waals surface area contributed by atoms with Gasteiger partial charge in [-0.2, -0.15) is 4.72 Å². The minimum absolute atomic E-state index is 0.0952. The van der Waals surface area contributed by atoms with Gasteiger partial charge in [0.05, 0.1) is 18.9 Å². The highest BCUT2D eigenvalue weighted by Crippen LogP contribution is 2.15. The average molecular weight is 686 g/mol. The fourth-order valence-corrected chi connectivity index (χ4v) is 4.83. The van der Waals surface area contributed by atoms with Crippen LogP contribution in [0.25, 0.3) is 0 Å². The van der Waals surface area contributed by atoms with Crippen LogP contribution < -0.4 is 36.0 Å². The first-order valence-electron chi connectivity index (χ1n) is 15.1. The van der Waals surface area contributed by atoms with E-state index in [1.54, 1.807) is 46.8 Å². The first-order valence-corrected chi connectivity index (χ1v) is 16.7. The molecular formula is C29H47N7O10S. The van der Waals surface area contributed by atoms with Crippen LogP contribution in [0.3, 0.4) is 0 Å². The summed E-state index contributed by atoms with van der Waals surface area (Å²) in [4.78, 5) is 52.4. The molecule has 264 valence electrons. The number of carboxylic acid groups (broad SMARTS) is 1. The van der Waals surface area contributed by atoms with Gasteiger partial charge in [0.2, 0.25) is 10.0 Å². The first-order chi connectivity index (χ1) is 21.9. The molecule has 1 aliphatic rings. The number of carbonyl (C=O) groups is 4. The third-order valence-electron chi connectivity index (χ3n) is 6.11. The third kappa shape index (κ3) is 16.7. The maximum atomic E-state index is 12.6. The van der Waals surface area contributed by atoms with Crippen LogP contribution in [0.15, 0.2) is 29.3 Å². The molecule has 1 aromatic carbocycles. The van der Waals surface area contributed by atoms with Crippen LogP contribution in [-0.4, -0.2) is 113 Å². The number of hydrogen-bond donors (Lipinski definition) is 7. The number of benzene rings is 1. The molecule has 0 unspecified atom stereocenters. The highest BCUT2D eigenvalue weighted by atomic mass is 32.2. The van der Waals surface area contributed by atoms with E-state index in [-0.39, 0.29) is 25.3 Å². The zero-order valence-corrected chi connectivity index (χ0v) is 28.3. The van der Waals surface area contributed by atoms with Gasteiger partial charge in [0, 0.05) is 43.7 Å². The number of aliphatic imine (C=N–C) groups is 1. The molecule has 0 fully saturated rings. The molecule has 1 heterocycles. The van der Waals surface area contributed by atoms with Gasteiger partial charge in [0.15, 0.2) is 5.96 Å². The topological polar surface area (TPSA) is 235 Å². The maximum Gasteiger partial charge on any atom is 0.407 e. The monoisotopic (exact) mass is 685 g/mol. The number of amides is 3. The van der Waals surface area contributed by atoms with E-state index in [4.69, 9.17) is 14.2 Å². The van der Waals surface area contributed by atoms with E-state index >= 15 is 0 Å². The molecule has 1 atom stereocenters. The first kappa shape index (κ1) is 38.9. The molecule has 3 amide bonds. The van der Waals surface area contributed by atoms with Crippen molar-refractivity contribution in [1.29, 1.82) is 0 Å². The molecule has 0 saturated carbocycles. The Bertz CT molecular complexity index is 1350. The van der Waals surface area contributed by atoms with Gasteiger partial charge in [0.25, 0.3) is 5.91 Å². The normalized spacial score (nSPS) is 14.0. The number of nitrogens with one attached hydrogen (secondary N) is 6. The third-order valence-corrected chi connectivity index (χ3v) is 7.49. The number of carbonyl (C=O) groups excluding carboxylic acids is 3. The van der Waals surface area contributed by atoms with Crippen molar-refractivity contribution in [3.63, 3.8) is 0 Å². The molecule has 7 N–H and O–H groups in total. The summed E-state index contributed by atoms with van der Waals surface area (Å²) in [6.07, 6.45) is -0.519. The van der Waals surface area contributed by atoms with Gasteiger partial charge in [-0.3, -0.25) is 14.6 Å². The smallest absolute Gasteiger partial charge is 0.407 e. The molecule has 0 spiro atoms. The molecule has 0 saturated heterocycles. The molecule has 0 aromatic heterocycles. The second-order valence-corrected chi connectivity index (χ2v) is 14.2. The Kier molecular flexibility index (Phi) is 15.0. The SMILES string of the molecule is CC(C)(CNC(=O)OC(C)(C)C)COC(=O)NCCS(=O)(=O)N[C@@H](CNC(=O)c1ccc(OCCNC2=NCCCN2)cc1)C(=O)O. The van der Waals surface area contributed by atoms with Gasteiger partial charge in [-0.15, -0.1) is 0 Å². The Morgan fingerprint density at radius 2 is 1.70 bits per heavy atom. The second-order valence-electron chi connectivity index (χ2n) is 12.4.